The molecule has 41 heavy (non-hydrogen) atoms. The van der Waals surface area contributed by atoms with Crippen molar-refractivity contribution in [3.05, 3.63) is 112 Å². The molecule has 0 aliphatic carbocycles. The Bertz CT molecular complexity index is 1690. The third-order valence-electron chi connectivity index (χ3n) is 5.52. The number of para-hydroxylation sites is 1. The minimum atomic E-state index is -4.28. The van der Waals surface area contributed by atoms with E-state index in [-0.39, 0.29) is 17.1 Å². The van der Waals surface area contributed by atoms with Gasteiger partial charge in [-0.1, -0.05) is 64.2 Å². The van der Waals surface area contributed by atoms with Crippen LogP contribution in [0.3, 0.4) is 0 Å². The van der Waals surface area contributed by atoms with Gasteiger partial charge in [0, 0.05) is 10.5 Å². The number of hydrogen-bond acceptors (Lipinski definition) is 8. The standard InChI is InChI=1S/C27H24BrN3O8S2/c1-2-23(20-39-27(32)21-10-4-3-5-11-21)30(41(37,38)24-16-14-22(28)15-17-24)19-9-8-18-29-40(35,36)26-13-7-6-12-25(26)31(33)34/h2-7,10-17,23,29H,1,18-20H2. The van der Waals surface area contributed by atoms with E-state index in [0.717, 1.165) is 16.4 Å². The average molecular weight is 663 g/mol. The summed E-state index contributed by atoms with van der Waals surface area (Å²) in [6, 6.07) is 17.8. The second kappa shape index (κ2) is 14.2. The molecule has 1 unspecified atom stereocenters. The molecule has 14 heteroatoms. The van der Waals surface area contributed by atoms with Gasteiger partial charge in [0.1, 0.15) is 6.61 Å². The number of hydrogen-bond donors (Lipinski definition) is 1. The number of carbonyl (C=O) groups excluding carboxylic acids is 1. The fourth-order valence-corrected chi connectivity index (χ4v) is 6.30. The second-order valence-corrected chi connectivity index (χ2v) is 12.7. The van der Waals surface area contributed by atoms with Gasteiger partial charge in [0.15, 0.2) is 4.90 Å². The minimum absolute atomic E-state index is 0.0548. The van der Waals surface area contributed by atoms with Crippen LogP contribution in [0.15, 0.2) is 106 Å². The molecule has 0 saturated heterocycles. The first kappa shape index (κ1) is 31.7. The van der Waals surface area contributed by atoms with Gasteiger partial charge in [-0.2, -0.15) is 9.03 Å². The van der Waals surface area contributed by atoms with E-state index in [1.165, 1.54) is 30.3 Å². The normalized spacial score (nSPS) is 12.1. The molecule has 11 nitrogen and oxygen atoms in total. The van der Waals surface area contributed by atoms with Gasteiger partial charge in [0.2, 0.25) is 20.0 Å². The molecule has 0 aliphatic heterocycles. The number of sulfonamides is 2. The summed E-state index contributed by atoms with van der Waals surface area (Å²) in [5, 5.41) is 11.2. The average Bonchev–Trinajstić information content (AvgIpc) is 2.96. The number of halogens is 1. The molecule has 0 spiro atoms. The predicted octanol–water partition coefficient (Wildman–Crippen LogP) is 3.74. The van der Waals surface area contributed by atoms with Gasteiger partial charge in [0.05, 0.1) is 34.5 Å². The Morgan fingerprint density at radius 1 is 1.02 bits per heavy atom. The van der Waals surface area contributed by atoms with Crippen molar-refractivity contribution in [1.29, 1.82) is 0 Å². The molecule has 0 aromatic heterocycles. The molecule has 0 fully saturated rings. The van der Waals surface area contributed by atoms with Crippen LogP contribution in [0.4, 0.5) is 5.69 Å². The van der Waals surface area contributed by atoms with Gasteiger partial charge in [0.25, 0.3) is 5.69 Å². The highest BCUT2D eigenvalue weighted by molar-refractivity contribution is 9.10. The molecule has 0 bridgehead atoms. The molecule has 0 heterocycles. The van der Waals surface area contributed by atoms with Crippen molar-refractivity contribution in [2.45, 2.75) is 15.8 Å². The quantitative estimate of drug-likeness (QED) is 0.101. The van der Waals surface area contributed by atoms with E-state index in [4.69, 9.17) is 4.74 Å². The van der Waals surface area contributed by atoms with E-state index in [2.05, 4.69) is 39.1 Å². The highest BCUT2D eigenvalue weighted by Gasteiger charge is 2.31. The number of benzene rings is 3. The number of ether oxygens (including phenoxy) is 1. The molecule has 1 N–H and O–H groups in total. The third kappa shape index (κ3) is 8.32. The number of nitro benzene ring substituents is 1. The molecule has 214 valence electrons. The first-order valence-electron chi connectivity index (χ1n) is 11.8. The first-order chi connectivity index (χ1) is 19.5. The van der Waals surface area contributed by atoms with Crippen LogP contribution in [0, 0.1) is 22.0 Å². The SMILES string of the molecule is C=CC(COC(=O)c1ccccc1)N(CC#CCNS(=O)(=O)c1ccccc1[N+](=O)[O-])S(=O)(=O)c1ccc(Br)cc1. The van der Waals surface area contributed by atoms with Crippen molar-refractivity contribution in [2.75, 3.05) is 19.7 Å². The van der Waals surface area contributed by atoms with Crippen LogP contribution in [-0.2, 0) is 24.8 Å². The van der Waals surface area contributed by atoms with E-state index in [0.29, 0.717) is 4.47 Å². The second-order valence-electron chi connectivity index (χ2n) is 8.17. The van der Waals surface area contributed by atoms with Crippen LogP contribution < -0.4 is 4.72 Å². The molecule has 3 rings (SSSR count). The zero-order valence-electron chi connectivity index (χ0n) is 21.3. The summed E-state index contributed by atoms with van der Waals surface area (Å²) in [4.78, 5) is 22.3. The summed E-state index contributed by atoms with van der Waals surface area (Å²) in [6.07, 6.45) is 1.30. The number of carbonyl (C=O) groups is 1. The van der Waals surface area contributed by atoms with Crippen LogP contribution in [0.5, 0.6) is 0 Å². The summed E-state index contributed by atoms with van der Waals surface area (Å²) in [7, 11) is -8.46. The largest absolute Gasteiger partial charge is 0.460 e. The molecule has 0 amide bonds. The fourth-order valence-electron chi connectivity index (χ4n) is 3.45. The maximum atomic E-state index is 13.5. The predicted molar refractivity (Wildman–Crippen MR) is 155 cm³/mol. The molecule has 1 atom stereocenters. The van der Waals surface area contributed by atoms with E-state index in [1.54, 1.807) is 42.5 Å². The van der Waals surface area contributed by atoms with Crippen LogP contribution >= 0.6 is 15.9 Å². The highest BCUT2D eigenvalue weighted by atomic mass is 79.9. The van der Waals surface area contributed by atoms with Gasteiger partial charge in [-0.15, -0.1) is 6.58 Å². The molecular weight excluding hydrogens is 638 g/mol. The lowest BCUT2D eigenvalue weighted by atomic mass is 10.2. The molecule has 0 saturated carbocycles. The maximum absolute atomic E-state index is 13.5. The van der Waals surface area contributed by atoms with Crippen LogP contribution in [0.25, 0.3) is 0 Å². The first-order valence-corrected chi connectivity index (χ1v) is 15.5. The zero-order valence-corrected chi connectivity index (χ0v) is 24.6. The Morgan fingerprint density at radius 2 is 1.66 bits per heavy atom. The summed E-state index contributed by atoms with van der Waals surface area (Å²) < 4.78 is 61.4. The van der Waals surface area contributed by atoms with Crippen molar-refractivity contribution in [3.8, 4) is 11.8 Å². The Hall–Kier alpha value is -3.87. The Morgan fingerprint density at radius 3 is 2.29 bits per heavy atom. The summed E-state index contributed by atoms with van der Waals surface area (Å²) >= 11 is 3.26. The molecule has 3 aromatic carbocycles. The molecule has 3 aromatic rings. The van der Waals surface area contributed by atoms with Crippen LogP contribution in [-0.4, -0.2) is 57.8 Å². The van der Waals surface area contributed by atoms with Crippen molar-refractivity contribution < 1.29 is 31.3 Å². The molecule has 0 radical (unpaired) electrons. The lowest BCUT2D eigenvalue weighted by Gasteiger charge is -2.27. The maximum Gasteiger partial charge on any atom is 0.338 e. The van der Waals surface area contributed by atoms with Gasteiger partial charge in [-0.05, 0) is 42.5 Å². The Balaban J connectivity index is 1.81. The van der Waals surface area contributed by atoms with E-state index in [1.807, 2.05) is 0 Å². The zero-order chi connectivity index (χ0) is 30.0. The number of rotatable bonds is 12. The van der Waals surface area contributed by atoms with Crippen molar-refractivity contribution in [3.63, 3.8) is 0 Å². The van der Waals surface area contributed by atoms with Gasteiger partial charge < -0.3 is 4.74 Å². The van der Waals surface area contributed by atoms with E-state index < -0.39 is 60.7 Å². The monoisotopic (exact) mass is 661 g/mol. The summed E-state index contributed by atoms with van der Waals surface area (Å²) in [6.45, 7) is 2.46. The number of nitrogens with zero attached hydrogens (tertiary/aromatic N) is 2. The van der Waals surface area contributed by atoms with Crippen LogP contribution in [0.2, 0.25) is 0 Å². The van der Waals surface area contributed by atoms with Gasteiger partial charge in [-0.25, -0.2) is 21.6 Å². The highest BCUT2D eigenvalue weighted by Crippen LogP contribution is 2.23. The lowest BCUT2D eigenvalue weighted by Crippen LogP contribution is -2.42. The van der Waals surface area contributed by atoms with Crippen molar-refractivity contribution in [1.82, 2.24) is 9.03 Å². The number of nitrogens with one attached hydrogen (secondary N) is 1. The summed E-state index contributed by atoms with van der Waals surface area (Å²) in [5.41, 5.74) is -0.318. The number of nitro groups is 1. The van der Waals surface area contributed by atoms with Gasteiger partial charge in [-0.3, -0.25) is 10.1 Å². The fraction of sp³-hybridized carbons (Fsp3) is 0.148. The molecular formula is C27H24BrN3O8S2. The summed E-state index contributed by atoms with van der Waals surface area (Å²) in [5.74, 6) is 4.48. The van der Waals surface area contributed by atoms with Crippen LogP contribution in [0.1, 0.15) is 10.4 Å². The van der Waals surface area contributed by atoms with E-state index in [9.17, 15) is 31.7 Å². The Kier molecular flexibility index (Phi) is 10.9. The molecule has 0 aliphatic rings. The smallest absolute Gasteiger partial charge is 0.338 e. The van der Waals surface area contributed by atoms with Crippen molar-refractivity contribution in [2.24, 2.45) is 0 Å². The van der Waals surface area contributed by atoms with Gasteiger partial charge >= 0.3 is 5.97 Å². The van der Waals surface area contributed by atoms with E-state index >= 15 is 0 Å². The Labute approximate surface area is 246 Å². The third-order valence-corrected chi connectivity index (χ3v) is 9.38. The lowest BCUT2D eigenvalue weighted by molar-refractivity contribution is -0.387. The van der Waals surface area contributed by atoms with Crippen molar-refractivity contribution >= 4 is 47.6 Å². The minimum Gasteiger partial charge on any atom is -0.460 e. The topological polar surface area (TPSA) is 153 Å². The number of esters is 1.